The SMILES string of the molecule is COC(C)CN1CC2CCCC2C1C(=O)O. The van der Waals surface area contributed by atoms with Gasteiger partial charge in [-0.2, -0.15) is 0 Å². The fourth-order valence-corrected chi connectivity index (χ4v) is 3.33. The van der Waals surface area contributed by atoms with Crippen LogP contribution in [-0.4, -0.2) is 48.3 Å². The van der Waals surface area contributed by atoms with E-state index in [1.165, 1.54) is 12.8 Å². The highest BCUT2D eigenvalue weighted by atomic mass is 16.5. The minimum Gasteiger partial charge on any atom is -0.480 e. The minimum atomic E-state index is -0.655. The average molecular weight is 227 g/mol. The Labute approximate surface area is 96.6 Å². The number of methoxy groups -OCH3 is 1. The predicted octanol–water partition coefficient (Wildman–Crippen LogP) is 1.21. The van der Waals surface area contributed by atoms with Gasteiger partial charge in [-0.3, -0.25) is 9.69 Å². The van der Waals surface area contributed by atoms with E-state index in [1.54, 1.807) is 7.11 Å². The summed E-state index contributed by atoms with van der Waals surface area (Å²) in [6, 6.07) is -0.273. The van der Waals surface area contributed by atoms with E-state index in [-0.39, 0.29) is 12.1 Å². The van der Waals surface area contributed by atoms with Gasteiger partial charge in [0.1, 0.15) is 6.04 Å². The van der Waals surface area contributed by atoms with Crippen molar-refractivity contribution in [3.8, 4) is 0 Å². The topological polar surface area (TPSA) is 49.8 Å². The molecule has 0 spiro atoms. The van der Waals surface area contributed by atoms with E-state index in [0.29, 0.717) is 11.8 Å². The normalized spacial score (nSPS) is 36.2. The highest BCUT2D eigenvalue weighted by molar-refractivity contribution is 5.74. The zero-order valence-electron chi connectivity index (χ0n) is 10.1. The molecule has 0 radical (unpaired) electrons. The van der Waals surface area contributed by atoms with Crippen molar-refractivity contribution in [3.05, 3.63) is 0 Å². The number of hydrogen-bond donors (Lipinski definition) is 1. The number of likely N-dealkylation sites (tertiary alicyclic amines) is 1. The summed E-state index contributed by atoms with van der Waals surface area (Å²) in [4.78, 5) is 13.4. The molecule has 1 saturated heterocycles. The third-order valence-corrected chi connectivity index (χ3v) is 4.13. The van der Waals surface area contributed by atoms with Gasteiger partial charge in [-0.15, -0.1) is 0 Å². The molecule has 4 nitrogen and oxygen atoms in total. The zero-order chi connectivity index (χ0) is 11.7. The number of aliphatic carboxylic acids is 1. The second kappa shape index (κ2) is 4.72. The van der Waals surface area contributed by atoms with E-state index >= 15 is 0 Å². The second-order valence-electron chi connectivity index (χ2n) is 5.14. The van der Waals surface area contributed by atoms with Crippen LogP contribution in [0.2, 0.25) is 0 Å². The Hall–Kier alpha value is -0.610. The Kier molecular flexibility index (Phi) is 3.50. The molecule has 1 N–H and O–H groups in total. The van der Waals surface area contributed by atoms with Crippen molar-refractivity contribution in [2.75, 3.05) is 20.2 Å². The summed E-state index contributed by atoms with van der Waals surface area (Å²) < 4.78 is 5.23. The van der Waals surface area contributed by atoms with Crippen LogP contribution in [-0.2, 0) is 9.53 Å². The summed E-state index contributed by atoms with van der Waals surface area (Å²) in [5.41, 5.74) is 0. The lowest BCUT2D eigenvalue weighted by Crippen LogP contribution is -2.43. The number of nitrogens with zero attached hydrogens (tertiary/aromatic N) is 1. The molecule has 16 heavy (non-hydrogen) atoms. The second-order valence-corrected chi connectivity index (χ2v) is 5.14. The molecule has 0 amide bonds. The van der Waals surface area contributed by atoms with Crippen LogP contribution in [0.25, 0.3) is 0 Å². The van der Waals surface area contributed by atoms with Gasteiger partial charge < -0.3 is 9.84 Å². The minimum absolute atomic E-state index is 0.112. The van der Waals surface area contributed by atoms with Gasteiger partial charge in [0.25, 0.3) is 0 Å². The monoisotopic (exact) mass is 227 g/mol. The first-order chi connectivity index (χ1) is 7.63. The molecule has 0 aromatic rings. The summed E-state index contributed by atoms with van der Waals surface area (Å²) in [6.07, 6.45) is 3.60. The first-order valence-corrected chi connectivity index (χ1v) is 6.13. The summed E-state index contributed by atoms with van der Waals surface area (Å²) in [5, 5.41) is 9.33. The van der Waals surface area contributed by atoms with Gasteiger partial charge in [0.15, 0.2) is 0 Å². The predicted molar refractivity (Wildman–Crippen MR) is 60.3 cm³/mol. The molecular formula is C12H21NO3. The Morgan fingerprint density at radius 3 is 2.94 bits per heavy atom. The smallest absolute Gasteiger partial charge is 0.321 e. The lowest BCUT2D eigenvalue weighted by Gasteiger charge is -2.26. The lowest BCUT2D eigenvalue weighted by molar-refractivity contribution is -0.144. The number of carboxylic acids is 1. The molecule has 0 bridgehead atoms. The molecule has 92 valence electrons. The number of rotatable bonds is 4. The van der Waals surface area contributed by atoms with Crippen molar-refractivity contribution < 1.29 is 14.6 Å². The number of carboxylic acid groups (broad SMARTS) is 1. The van der Waals surface area contributed by atoms with E-state index in [9.17, 15) is 9.90 Å². The maximum Gasteiger partial charge on any atom is 0.321 e. The first kappa shape index (κ1) is 11.9. The number of fused-ring (bicyclic) bond motifs is 1. The molecule has 4 heteroatoms. The van der Waals surface area contributed by atoms with Gasteiger partial charge >= 0.3 is 5.97 Å². The van der Waals surface area contributed by atoms with Crippen LogP contribution in [0.3, 0.4) is 0 Å². The van der Waals surface area contributed by atoms with Crippen molar-refractivity contribution in [3.63, 3.8) is 0 Å². The third kappa shape index (κ3) is 2.09. The molecule has 0 aromatic heterocycles. The van der Waals surface area contributed by atoms with E-state index < -0.39 is 5.97 Å². The molecule has 1 heterocycles. The zero-order valence-corrected chi connectivity index (χ0v) is 10.1. The molecule has 2 fully saturated rings. The maximum absolute atomic E-state index is 11.3. The highest BCUT2D eigenvalue weighted by Crippen LogP contribution is 2.42. The first-order valence-electron chi connectivity index (χ1n) is 6.13. The summed E-state index contributed by atoms with van der Waals surface area (Å²) in [5.74, 6) is 0.324. The Balaban J connectivity index is 2.04. The highest BCUT2D eigenvalue weighted by Gasteiger charge is 2.47. The van der Waals surface area contributed by atoms with Gasteiger partial charge in [-0.25, -0.2) is 0 Å². The van der Waals surface area contributed by atoms with Gasteiger partial charge in [-0.05, 0) is 31.6 Å². The standard InChI is InChI=1S/C12H21NO3/c1-8(16-2)6-13-7-9-4-3-5-10(9)11(13)12(14)15/h8-11H,3-7H2,1-2H3,(H,14,15). The average Bonchev–Trinajstić information content (AvgIpc) is 2.76. The third-order valence-electron chi connectivity index (χ3n) is 4.13. The molecular weight excluding hydrogens is 206 g/mol. The molecule has 1 aliphatic heterocycles. The van der Waals surface area contributed by atoms with Crippen molar-refractivity contribution in [2.45, 2.75) is 38.3 Å². The van der Waals surface area contributed by atoms with Gasteiger partial charge in [0, 0.05) is 20.2 Å². The number of hydrogen-bond acceptors (Lipinski definition) is 3. The van der Waals surface area contributed by atoms with Crippen LogP contribution in [0.15, 0.2) is 0 Å². The Morgan fingerprint density at radius 2 is 2.31 bits per heavy atom. The fraction of sp³-hybridized carbons (Fsp3) is 0.917. The summed E-state index contributed by atoms with van der Waals surface area (Å²) in [7, 11) is 1.68. The van der Waals surface area contributed by atoms with Crippen molar-refractivity contribution in [2.24, 2.45) is 11.8 Å². The molecule has 0 aromatic carbocycles. The molecule has 2 aliphatic rings. The van der Waals surface area contributed by atoms with Crippen molar-refractivity contribution in [1.29, 1.82) is 0 Å². The molecule has 2 rings (SSSR count). The Morgan fingerprint density at radius 1 is 1.56 bits per heavy atom. The van der Waals surface area contributed by atoms with E-state index in [0.717, 1.165) is 19.5 Å². The lowest BCUT2D eigenvalue weighted by atomic mass is 9.94. The summed E-state index contributed by atoms with van der Waals surface area (Å²) >= 11 is 0. The quantitative estimate of drug-likeness (QED) is 0.784. The van der Waals surface area contributed by atoms with Crippen LogP contribution >= 0.6 is 0 Å². The van der Waals surface area contributed by atoms with Gasteiger partial charge in [0.2, 0.25) is 0 Å². The largest absolute Gasteiger partial charge is 0.480 e. The number of carbonyl (C=O) groups is 1. The fourth-order valence-electron chi connectivity index (χ4n) is 3.33. The van der Waals surface area contributed by atoms with E-state index in [1.807, 2.05) is 6.92 Å². The molecule has 4 atom stereocenters. The van der Waals surface area contributed by atoms with Gasteiger partial charge in [-0.1, -0.05) is 6.42 Å². The molecule has 1 aliphatic carbocycles. The summed E-state index contributed by atoms with van der Waals surface area (Å²) in [6.45, 7) is 3.67. The van der Waals surface area contributed by atoms with Crippen LogP contribution in [0.1, 0.15) is 26.2 Å². The van der Waals surface area contributed by atoms with Gasteiger partial charge in [0.05, 0.1) is 6.10 Å². The van der Waals surface area contributed by atoms with Crippen LogP contribution < -0.4 is 0 Å². The van der Waals surface area contributed by atoms with Crippen LogP contribution in [0.5, 0.6) is 0 Å². The molecule has 1 saturated carbocycles. The van der Waals surface area contributed by atoms with Crippen molar-refractivity contribution in [1.82, 2.24) is 4.90 Å². The van der Waals surface area contributed by atoms with E-state index in [4.69, 9.17) is 4.74 Å². The number of ether oxygens (including phenoxy) is 1. The van der Waals surface area contributed by atoms with Crippen LogP contribution in [0.4, 0.5) is 0 Å². The molecule has 4 unspecified atom stereocenters. The maximum atomic E-state index is 11.3. The van der Waals surface area contributed by atoms with E-state index in [2.05, 4.69) is 4.90 Å². The van der Waals surface area contributed by atoms with Crippen molar-refractivity contribution >= 4 is 5.97 Å². The Bertz CT molecular complexity index is 267. The van der Waals surface area contributed by atoms with Crippen LogP contribution in [0, 0.1) is 11.8 Å².